The number of rotatable bonds is 5. The van der Waals surface area contributed by atoms with E-state index in [1.54, 1.807) is 0 Å². The van der Waals surface area contributed by atoms with Crippen molar-refractivity contribution in [3.05, 3.63) is 71.5 Å². The predicted octanol–water partition coefficient (Wildman–Crippen LogP) is 3.32. The zero-order chi connectivity index (χ0) is 15.4. The summed E-state index contributed by atoms with van der Waals surface area (Å²) in [7, 11) is 0. The van der Waals surface area contributed by atoms with Crippen molar-refractivity contribution in [1.82, 2.24) is 4.90 Å². The minimum atomic E-state index is -0.441. The Labute approximate surface area is 131 Å². The van der Waals surface area contributed by atoms with Gasteiger partial charge >= 0.3 is 0 Å². The van der Waals surface area contributed by atoms with Crippen molar-refractivity contribution < 1.29 is 4.39 Å². The van der Waals surface area contributed by atoms with Gasteiger partial charge in [-0.25, -0.2) is 4.39 Å². The van der Waals surface area contributed by atoms with Gasteiger partial charge in [-0.2, -0.15) is 0 Å². The van der Waals surface area contributed by atoms with Crippen molar-refractivity contribution in [2.24, 2.45) is 5.73 Å². The van der Waals surface area contributed by atoms with Gasteiger partial charge < -0.3 is 10.6 Å². The van der Waals surface area contributed by atoms with Crippen LogP contribution in [0.4, 0.5) is 4.39 Å². The van der Waals surface area contributed by atoms with Gasteiger partial charge in [-0.1, -0.05) is 42.5 Å². The second-order valence-corrected chi connectivity index (χ2v) is 6.31. The molecule has 1 atom stereocenters. The lowest BCUT2D eigenvalue weighted by molar-refractivity contribution is 0.245. The first-order valence-corrected chi connectivity index (χ1v) is 7.97. The fraction of sp³-hybridized carbons (Fsp3) is 0.368. The summed E-state index contributed by atoms with van der Waals surface area (Å²) in [4.78, 5) is 2.44. The Bertz CT molecular complexity index is 591. The van der Waals surface area contributed by atoms with Crippen molar-refractivity contribution >= 4 is 0 Å². The number of likely N-dealkylation sites (tertiary alicyclic amines) is 1. The summed E-state index contributed by atoms with van der Waals surface area (Å²) in [5.74, 6) is -0.203. The summed E-state index contributed by atoms with van der Waals surface area (Å²) >= 11 is 0. The molecule has 0 bridgehead atoms. The summed E-state index contributed by atoms with van der Waals surface area (Å²) < 4.78 is 13.1. The van der Waals surface area contributed by atoms with Gasteiger partial charge in [0.05, 0.1) is 5.54 Å². The highest BCUT2D eigenvalue weighted by atomic mass is 19.1. The first-order valence-electron chi connectivity index (χ1n) is 7.97. The molecule has 0 aliphatic carbocycles. The third-order valence-electron chi connectivity index (χ3n) is 4.49. The van der Waals surface area contributed by atoms with Crippen LogP contribution in [0, 0.1) is 5.82 Å². The van der Waals surface area contributed by atoms with Gasteiger partial charge in [0.2, 0.25) is 0 Å². The Morgan fingerprint density at radius 2 is 1.59 bits per heavy atom. The van der Waals surface area contributed by atoms with E-state index >= 15 is 0 Å². The molecule has 1 unspecified atom stereocenters. The maximum atomic E-state index is 13.1. The molecular formula is C19H23FN2. The third kappa shape index (κ3) is 3.54. The monoisotopic (exact) mass is 298 g/mol. The van der Waals surface area contributed by atoms with Crippen LogP contribution >= 0.6 is 0 Å². The van der Waals surface area contributed by atoms with E-state index in [9.17, 15) is 4.39 Å². The lowest BCUT2D eigenvalue weighted by Gasteiger charge is -2.34. The quantitative estimate of drug-likeness (QED) is 0.917. The average molecular weight is 298 g/mol. The maximum Gasteiger partial charge on any atom is 0.123 e. The molecular weight excluding hydrogens is 275 g/mol. The number of nitrogens with zero attached hydrogens (tertiary/aromatic N) is 1. The lowest BCUT2D eigenvalue weighted by atomic mass is 9.84. The Kier molecular flexibility index (Phi) is 4.55. The molecule has 2 aromatic carbocycles. The standard InChI is InChI=1S/C19H23FN2/c20-18-10-8-16(9-11-18)14-19(21,15-22-12-4-5-13-22)17-6-2-1-3-7-17/h1-3,6-11H,4-5,12-15,21H2. The van der Waals surface area contributed by atoms with Gasteiger partial charge in [-0.15, -0.1) is 0 Å². The van der Waals surface area contributed by atoms with E-state index in [0.29, 0.717) is 6.42 Å². The molecule has 3 rings (SSSR count). The van der Waals surface area contributed by atoms with Crippen LogP contribution < -0.4 is 5.73 Å². The van der Waals surface area contributed by atoms with Gasteiger partial charge in [0.1, 0.15) is 5.82 Å². The maximum absolute atomic E-state index is 13.1. The second kappa shape index (κ2) is 6.59. The zero-order valence-corrected chi connectivity index (χ0v) is 12.8. The molecule has 0 spiro atoms. The molecule has 2 aromatic rings. The highest BCUT2D eigenvalue weighted by molar-refractivity contribution is 5.29. The first kappa shape index (κ1) is 15.2. The number of halogens is 1. The van der Waals surface area contributed by atoms with Crippen LogP contribution in [0.2, 0.25) is 0 Å². The lowest BCUT2D eigenvalue weighted by Crippen LogP contribution is -2.48. The fourth-order valence-corrected chi connectivity index (χ4v) is 3.33. The summed E-state index contributed by atoms with van der Waals surface area (Å²) in [5.41, 5.74) is 8.61. The van der Waals surface area contributed by atoms with Crippen molar-refractivity contribution in [1.29, 1.82) is 0 Å². The molecule has 2 N–H and O–H groups in total. The van der Waals surface area contributed by atoms with Crippen LogP contribution in [0.3, 0.4) is 0 Å². The van der Waals surface area contributed by atoms with Crippen LogP contribution in [-0.4, -0.2) is 24.5 Å². The third-order valence-corrected chi connectivity index (χ3v) is 4.49. The van der Waals surface area contributed by atoms with Crippen molar-refractivity contribution in [3.8, 4) is 0 Å². The average Bonchev–Trinajstić information content (AvgIpc) is 3.03. The molecule has 1 saturated heterocycles. The topological polar surface area (TPSA) is 29.3 Å². The molecule has 0 aromatic heterocycles. The minimum Gasteiger partial charge on any atom is -0.320 e. The van der Waals surface area contributed by atoms with Crippen LogP contribution in [-0.2, 0) is 12.0 Å². The molecule has 2 nitrogen and oxygen atoms in total. The van der Waals surface area contributed by atoms with E-state index in [2.05, 4.69) is 17.0 Å². The van der Waals surface area contributed by atoms with Gasteiger partial charge in [0.15, 0.2) is 0 Å². The minimum absolute atomic E-state index is 0.203. The molecule has 3 heteroatoms. The number of benzene rings is 2. The van der Waals surface area contributed by atoms with E-state index in [0.717, 1.165) is 30.8 Å². The van der Waals surface area contributed by atoms with E-state index in [4.69, 9.17) is 5.73 Å². The molecule has 0 saturated carbocycles. The second-order valence-electron chi connectivity index (χ2n) is 6.31. The first-order chi connectivity index (χ1) is 10.7. The highest BCUT2D eigenvalue weighted by Crippen LogP contribution is 2.26. The zero-order valence-electron chi connectivity index (χ0n) is 12.8. The summed E-state index contributed by atoms with van der Waals surface area (Å²) in [6.45, 7) is 3.08. The molecule has 1 heterocycles. The van der Waals surface area contributed by atoms with Crippen molar-refractivity contribution in [3.63, 3.8) is 0 Å². The Hall–Kier alpha value is -1.71. The molecule has 22 heavy (non-hydrogen) atoms. The fourth-order valence-electron chi connectivity index (χ4n) is 3.33. The Morgan fingerprint density at radius 1 is 0.955 bits per heavy atom. The predicted molar refractivity (Wildman–Crippen MR) is 88.1 cm³/mol. The van der Waals surface area contributed by atoms with Gasteiger partial charge in [-0.05, 0) is 55.6 Å². The van der Waals surface area contributed by atoms with Gasteiger partial charge in [0, 0.05) is 6.54 Å². The van der Waals surface area contributed by atoms with E-state index in [1.807, 2.05) is 30.3 Å². The number of hydrogen-bond acceptors (Lipinski definition) is 2. The Morgan fingerprint density at radius 3 is 2.23 bits per heavy atom. The molecule has 1 aliphatic rings. The van der Waals surface area contributed by atoms with Crippen molar-refractivity contribution in [2.75, 3.05) is 19.6 Å². The van der Waals surface area contributed by atoms with Crippen molar-refractivity contribution in [2.45, 2.75) is 24.8 Å². The smallest absolute Gasteiger partial charge is 0.123 e. The largest absolute Gasteiger partial charge is 0.320 e. The van der Waals surface area contributed by atoms with E-state index < -0.39 is 5.54 Å². The summed E-state index contributed by atoms with van der Waals surface area (Å²) in [5, 5.41) is 0. The molecule has 116 valence electrons. The van der Waals surface area contributed by atoms with Crippen LogP contribution in [0.5, 0.6) is 0 Å². The summed E-state index contributed by atoms with van der Waals surface area (Å²) in [6, 6.07) is 17.0. The van der Waals surface area contributed by atoms with Gasteiger partial charge in [-0.3, -0.25) is 0 Å². The van der Waals surface area contributed by atoms with E-state index in [1.165, 1.54) is 25.0 Å². The molecule has 1 fully saturated rings. The number of hydrogen-bond donors (Lipinski definition) is 1. The molecule has 0 amide bonds. The highest BCUT2D eigenvalue weighted by Gasteiger charge is 2.31. The molecule has 0 radical (unpaired) electrons. The normalized spacial score (nSPS) is 18.3. The van der Waals surface area contributed by atoms with E-state index in [-0.39, 0.29) is 5.82 Å². The van der Waals surface area contributed by atoms with Crippen LogP contribution in [0.15, 0.2) is 54.6 Å². The SMILES string of the molecule is NC(Cc1ccc(F)cc1)(CN1CCCC1)c1ccccc1. The van der Waals surface area contributed by atoms with Crippen LogP contribution in [0.1, 0.15) is 24.0 Å². The molecule has 1 aliphatic heterocycles. The number of nitrogens with two attached hydrogens (primary N) is 1. The Balaban J connectivity index is 1.86. The summed E-state index contributed by atoms with van der Waals surface area (Å²) in [6.07, 6.45) is 3.22. The van der Waals surface area contributed by atoms with Crippen LogP contribution in [0.25, 0.3) is 0 Å². The van der Waals surface area contributed by atoms with Gasteiger partial charge in [0.25, 0.3) is 0 Å².